The van der Waals surface area contributed by atoms with Gasteiger partial charge in [0.2, 0.25) is 5.75 Å². The fourth-order valence-corrected chi connectivity index (χ4v) is 3.70. The quantitative estimate of drug-likeness (QED) is 0.180. The molecule has 0 radical (unpaired) electrons. The number of aromatic nitrogens is 1. The molecule has 2 N–H and O–H groups in total. The Labute approximate surface area is 198 Å². The molecule has 0 saturated heterocycles. The zero-order valence-corrected chi connectivity index (χ0v) is 19.3. The summed E-state index contributed by atoms with van der Waals surface area (Å²) in [5.74, 6) is 1.69. The van der Waals surface area contributed by atoms with Gasteiger partial charge in [0.25, 0.3) is 0 Å². The van der Waals surface area contributed by atoms with Gasteiger partial charge in [-0.1, -0.05) is 42.5 Å². The Kier molecular flexibility index (Phi) is 6.98. The van der Waals surface area contributed by atoms with E-state index in [9.17, 15) is 4.79 Å². The average molecular weight is 455 g/mol. The summed E-state index contributed by atoms with van der Waals surface area (Å²) < 4.78 is 16.2. The summed E-state index contributed by atoms with van der Waals surface area (Å²) in [6, 6.07) is 19.4. The van der Waals surface area contributed by atoms with Crippen LogP contribution in [0.1, 0.15) is 21.5 Å². The Hall–Kier alpha value is -4.45. The molecule has 0 aliphatic carbocycles. The smallest absolute Gasteiger partial charge is 0.203 e. The van der Waals surface area contributed by atoms with Crippen LogP contribution < -0.4 is 19.5 Å². The summed E-state index contributed by atoms with van der Waals surface area (Å²) in [6.45, 7) is 0. The average Bonchev–Trinajstić information content (AvgIpc) is 3.31. The molecule has 3 aromatic carbocycles. The van der Waals surface area contributed by atoms with Crippen molar-refractivity contribution in [3.8, 4) is 17.2 Å². The van der Waals surface area contributed by atoms with Crippen LogP contribution in [-0.4, -0.2) is 32.1 Å². The lowest BCUT2D eigenvalue weighted by Crippen LogP contribution is -1.95. The zero-order valence-electron chi connectivity index (χ0n) is 19.3. The predicted octanol–water partition coefficient (Wildman–Crippen LogP) is 6.17. The van der Waals surface area contributed by atoms with Crippen LogP contribution >= 0.6 is 0 Å². The van der Waals surface area contributed by atoms with E-state index >= 15 is 0 Å². The molecular formula is C28H26N2O4. The number of carbonyl (C=O) groups excluding carboxylic acids is 1. The summed E-state index contributed by atoms with van der Waals surface area (Å²) in [4.78, 5) is 15.7. The second kappa shape index (κ2) is 10.4. The molecule has 0 spiro atoms. The SMILES string of the molecule is COc1cc(/C=C/c2cccc(N/C=C\C(=O)c3c[nH]c4ccccc34)c2)cc(OC)c1OC. The summed E-state index contributed by atoms with van der Waals surface area (Å²) in [6.07, 6.45) is 8.90. The maximum Gasteiger partial charge on any atom is 0.203 e. The Morgan fingerprint density at radius 3 is 2.32 bits per heavy atom. The largest absolute Gasteiger partial charge is 0.493 e. The normalized spacial score (nSPS) is 11.3. The van der Waals surface area contributed by atoms with Gasteiger partial charge < -0.3 is 24.5 Å². The van der Waals surface area contributed by atoms with Crippen molar-refractivity contribution in [2.75, 3.05) is 26.6 Å². The number of allylic oxidation sites excluding steroid dienone is 1. The number of anilines is 1. The Morgan fingerprint density at radius 1 is 0.853 bits per heavy atom. The van der Waals surface area contributed by atoms with Gasteiger partial charge >= 0.3 is 0 Å². The van der Waals surface area contributed by atoms with Gasteiger partial charge in [-0.25, -0.2) is 0 Å². The van der Waals surface area contributed by atoms with Crippen LogP contribution in [0.3, 0.4) is 0 Å². The first kappa shape index (κ1) is 22.7. The van der Waals surface area contributed by atoms with E-state index in [1.165, 1.54) is 6.08 Å². The molecule has 4 rings (SSSR count). The highest BCUT2D eigenvalue weighted by Crippen LogP contribution is 2.38. The molecule has 6 nitrogen and oxygen atoms in total. The van der Waals surface area contributed by atoms with Crippen LogP contribution in [0, 0.1) is 0 Å². The number of ketones is 1. The Morgan fingerprint density at radius 2 is 1.59 bits per heavy atom. The van der Waals surface area contributed by atoms with Crippen molar-refractivity contribution in [2.24, 2.45) is 0 Å². The standard InChI is InChI=1S/C28H26N2O4/c1-32-26-16-20(17-27(33-2)28(26)34-3)12-11-19-7-6-8-21(15-19)29-14-13-25(31)23-18-30-24-10-5-4-9-22(23)24/h4-18,29-30H,1-3H3/b12-11+,14-13-. The number of rotatable bonds is 9. The first-order valence-electron chi connectivity index (χ1n) is 10.7. The van der Waals surface area contributed by atoms with E-state index in [1.54, 1.807) is 33.7 Å². The van der Waals surface area contributed by atoms with Crippen LogP contribution in [0.2, 0.25) is 0 Å². The number of para-hydroxylation sites is 1. The molecule has 172 valence electrons. The molecule has 0 unspecified atom stereocenters. The van der Waals surface area contributed by atoms with Crippen molar-refractivity contribution in [1.29, 1.82) is 0 Å². The molecule has 4 aromatic rings. The van der Waals surface area contributed by atoms with Crippen molar-refractivity contribution in [3.63, 3.8) is 0 Å². The third-order valence-electron chi connectivity index (χ3n) is 5.38. The van der Waals surface area contributed by atoms with Crippen molar-refractivity contribution in [1.82, 2.24) is 4.98 Å². The number of fused-ring (bicyclic) bond motifs is 1. The number of hydrogen-bond acceptors (Lipinski definition) is 5. The molecule has 0 aliphatic heterocycles. The maximum absolute atomic E-state index is 12.6. The lowest BCUT2D eigenvalue weighted by molar-refractivity contribution is 0.104. The summed E-state index contributed by atoms with van der Waals surface area (Å²) in [7, 11) is 4.77. The molecule has 0 fully saturated rings. The summed E-state index contributed by atoms with van der Waals surface area (Å²) in [5.41, 5.74) is 4.37. The van der Waals surface area contributed by atoms with Gasteiger partial charge in [0.05, 0.1) is 21.3 Å². The van der Waals surface area contributed by atoms with Crippen molar-refractivity contribution < 1.29 is 19.0 Å². The van der Waals surface area contributed by atoms with Gasteiger partial charge in [-0.05, 0) is 41.5 Å². The topological polar surface area (TPSA) is 72.6 Å². The summed E-state index contributed by atoms with van der Waals surface area (Å²) >= 11 is 0. The molecule has 6 heteroatoms. The number of H-pyrrole nitrogens is 1. The van der Waals surface area contributed by atoms with Crippen LogP contribution in [0.25, 0.3) is 23.1 Å². The maximum atomic E-state index is 12.6. The molecule has 0 amide bonds. The minimum atomic E-state index is -0.0663. The highest BCUT2D eigenvalue weighted by atomic mass is 16.5. The molecule has 34 heavy (non-hydrogen) atoms. The number of aromatic amines is 1. The van der Waals surface area contributed by atoms with Crippen LogP contribution in [-0.2, 0) is 0 Å². The third kappa shape index (κ3) is 4.96. The number of ether oxygens (including phenoxy) is 3. The third-order valence-corrected chi connectivity index (χ3v) is 5.38. The van der Waals surface area contributed by atoms with Crippen LogP contribution in [0.5, 0.6) is 17.2 Å². The van der Waals surface area contributed by atoms with Gasteiger partial charge in [-0.3, -0.25) is 4.79 Å². The van der Waals surface area contributed by atoms with Gasteiger partial charge in [0.1, 0.15) is 0 Å². The van der Waals surface area contributed by atoms with Crippen molar-refractivity contribution >= 4 is 34.5 Å². The number of hydrogen-bond donors (Lipinski definition) is 2. The van der Waals surface area contributed by atoms with E-state index in [-0.39, 0.29) is 5.78 Å². The number of methoxy groups -OCH3 is 3. The van der Waals surface area contributed by atoms with Gasteiger partial charge in [0.15, 0.2) is 17.3 Å². The van der Waals surface area contributed by atoms with E-state index in [1.807, 2.05) is 72.8 Å². The fraction of sp³-hybridized carbons (Fsp3) is 0.107. The molecule has 0 saturated carbocycles. The van der Waals surface area contributed by atoms with E-state index in [0.29, 0.717) is 22.8 Å². The van der Waals surface area contributed by atoms with Crippen molar-refractivity contribution in [3.05, 3.63) is 95.8 Å². The molecule has 1 heterocycles. The lowest BCUT2D eigenvalue weighted by atomic mass is 10.1. The highest BCUT2D eigenvalue weighted by Gasteiger charge is 2.12. The first-order valence-corrected chi connectivity index (χ1v) is 10.7. The van der Waals surface area contributed by atoms with Gasteiger partial charge in [-0.2, -0.15) is 0 Å². The van der Waals surface area contributed by atoms with Crippen LogP contribution in [0.4, 0.5) is 5.69 Å². The number of benzene rings is 3. The van der Waals surface area contributed by atoms with Gasteiger partial charge in [0, 0.05) is 40.6 Å². The molecule has 0 aliphatic rings. The van der Waals surface area contributed by atoms with E-state index < -0.39 is 0 Å². The molecule has 0 atom stereocenters. The summed E-state index contributed by atoms with van der Waals surface area (Å²) in [5, 5.41) is 4.09. The minimum absolute atomic E-state index is 0.0663. The number of carbonyl (C=O) groups is 1. The monoisotopic (exact) mass is 454 g/mol. The Bertz CT molecular complexity index is 1340. The second-order valence-corrected chi connectivity index (χ2v) is 7.51. The highest BCUT2D eigenvalue weighted by molar-refractivity contribution is 6.13. The van der Waals surface area contributed by atoms with E-state index in [2.05, 4.69) is 10.3 Å². The minimum Gasteiger partial charge on any atom is -0.493 e. The molecule has 0 bridgehead atoms. The first-order chi connectivity index (χ1) is 16.6. The fourth-order valence-electron chi connectivity index (χ4n) is 3.70. The predicted molar refractivity (Wildman–Crippen MR) is 137 cm³/mol. The molecular weight excluding hydrogens is 428 g/mol. The zero-order chi connectivity index (χ0) is 23.9. The van der Waals surface area contributed by atoms with Crippen molar-refractivity contribution in [2.45, 2.75) is 0 Å². The Balaban J connectivity index is 1.46. The van der Waals surface area contributed by atoms with E-state index in [0.717, 1.165) is 27.7 Å². The number of nitrogens with one attached hydrogen (secondary N) is 2. The van der Waals surface area contributed by atoms with Gasteiger partial charge in [-0.15, -0.1) is 0 Å². The van der Waals surface area contributed by atoms with Crippen LogP contribution in [0.15, 0.2) is 79.1 Å². The lowest BCUT2D eigenvalue weighted by Gasteiger charge is -2.12. The van der Waals surface area contributed by atoms with E-state index in [4.69, 9.17) is 14.2 Å². The molecule has 1 aromatic heterocycles. The second-order valence-electron chi connectivity index (χ2n) is 7.51.